The SMILES string of the molecule is CN(C)C(=O)c1ccc(NCC2CCCS2)c([N+](=O)[O-])c1. The van der Waals surface area contributed by atoms with Gasteiger partial charge in [0.05, 0.1) is 4.92 Å². The summed E-state index contributed by atoms with van der Waals surface area (Å²) in [5.41, 5.74) is 0.751. The molecule has 1 aromatic rings. The minimum Gasteiger partial charge on any atom is -0.378 e. The fourth-order valence-electron chi connectivity index (χ4n) is 2.25. The zero-order valence-electron chi connectivity index (χ0n) is 12.2. The number of rotatable bonds is 5. The summed E-state index contributed by atoms with van der Waals surface area (Å²) >= 11 is 1.89. The summed E-state index contributed by atoms with van der Waals surface area (Å²) in [6.07, 6.45) is 2.35. The van der Waals surface area contributed by atoms with Crippen LogP contribution < -0.4 is 5.32 Å². The fraction of sp³-hybridized carbons (Fsp3) is 0.500. The van der Waals surface area contributed by atoms with Crippen LogP contribution in [0.3, 0.4) is 0 Å². The Balaban J connectivity index is 2.16. The molecule has 2 rings (SSSR count). The number of hydrogen-bond donors (Lipinski definition) is 1. The quantitative estimate of drug-likeness (QED) is 0.668. The van der Waals surface area contributed by atoms with Crippen LogP contribution >= 0.6 is 11.8 Å². The molecule has 1 aliphatic rings. The molecular formula is C14H19N3O3S. The van der Waals surface area contributed by atoms with E-state index in [0.717, 1.165) is 12.2 Å². The van der Waals surface area contributed by atoms with Crippen LogP contribution in [0.4, 0.5) is 11.4 Å². The van der Waals surface area contributed by atoms with Gasteiger partial charge in [0.1, 0.15) is 5.69 Å². The van der Waals surface area contributed by atoms with Gasteiger partial charge in [-0.2, -0.15) is 11.8 Å². The number of nitrogens with zero attached hydrogens (tertiary/aromatic N) is 2. The van der Waals surface area contributed by atoms with Crippen molar-refractivity contribution in [3.05, 3.63) is 33.9 Å². The third-order valence-corrected chi connectivity index (χ3v) is 4.79. The Bertz CT molecular complexity index is 542. The minimum atomic E-state index is -0.448. The lowest BCUT2D eigenvalue weighted by atomic mass is 10.1. The molecule has 0 bridgehead atoms. The average Bonchev–Trinajstić information content (AvgIpc) is 2.97. The van der Waals surface area contributed by atoms with Gasteiger partial charge in [-0.05, 0) is 30.7 Å². The van der Waals surface area contributed by atoms with E-state index in [1.165, 1.54) is 17.4 Å². The van der Waals surface area contributed by atoms with E-state index in [-0.39, 0.29) is 11.6 Å². The molecule has 1 unspecified atom stereocenters. The van der Waals surface area contributed by atoms with Gasteiger partial charge in [-0.3, -0.25) is 14.9 Å². The summed E-state index contributed by atoms with van der Waals surface area (Å²) < 4.78 is 0. The van der Waals surface area contributed by atoms with Crippen molar-refractivity contribution >= 4 is 29.0 Å². The van der Waals surface area contributed by atoms with Crippen molar-refractivity contribution in [2.24, 2.45) is 0 Å². The Kier molecular flexibility index (Phi) is 5.06. The first-order valence-corrected chi connectivity index (χ1v) is 7.89. The van der Waals surface area contributed by atoms with E-state index in [4.69, 9.17) is 0 Å². The first-order chi connectivity index (χ1) is 9.99. The molecule has 1 fully saturated rings. The Labute approximate surface area is 128 Å². The third kappa shape index (κ3) is 3.87. The summed E-state index contributed by atoms with van der Waals surface area (Å²) in [5, 5.41) is 14.8. The number of nitrogens with one attached hydrogen (secondary N) is 1. The van der Waals surface area contributed by atoms with Crippen molar-refractivity contribution in [1.82, 2.24) is 4.90 Å². The molecule has 1 aromatic carbocycles. The molecule has 7 heteroatoms. The number of hydrogen-bond acceptors (Lipinski definition) is 5. The first-order valence-electron chi connectivity index (χ1n) is 6.84. The molecule has 114 valence electrons. The fourth-order valence-corrected chi connectivity index (χ4v) is 3.45. The van der Waals surface area contributed by atoms with Crippen LogP contribution in [-0.2, 0) is 0 Å². The van der Waals surface area contributed by atoms with Crippen LogP contribution in [0.2, 0.25) is 0 Å². The molecule has 1 aliphatic heterocycles. The molecule has 1 saturated heterocycles. The van der Waals surface area contributed by atoms with Crippen LogP contribution in [-0.4, -0.2) is 47.4 Å². The van der Waals surface area contributed by atoms with Gasteiger partial charge >= 0.3 is 0 Å². The number of anilines is 1. The normalized spacial score (nSPS) is 17.5. The number of nitro benzene ring substituents is 1. The number of carbonyl (C=O) groups is 1. The molecule has 0 aromatic heterocycles. The highest BCUT2D eigenvalue weighted by Gasteiger charge is 2.20. The number of benzene rings is 1. The largest absolute Gasteiger partial charge is 0.378 e. The molecule has 0 radical (unpaired) electrons. The molecule has 6 nitrogen and oxygen atoms in total. The Morgan fingerprint density at radius 2 is 2.29 bits per heavy atom. The monoisotopic (exact) mass is 309 g/mol. The lowest BCUT2D eigenvalue weighted by Gasteiger charge is -2.13. The van der Waals surface area contributed by atoms with E-state index in [1.54, 1.807) is 26.2 Å². The van der Waals surface area contributed by atoms with E-state index < -0.39 is 4.92 Å². The maximum absolute atomic E-state index is 11.9. The molecule has 1 N–H and O–H groups in total. The summed E-state index contributed by atoms with van der Waals surface area (Å²) in [6.45, 7) is 0.715. The standard InChI is InChI=1S/C14H19N3O3S/c1-16(2)14(18)10-5-6-12(13(8-10)17(19)20)15-9-11-4-3-7-21-11/h5-6,8,11,15H,3-4,7,9H2,1-2H3. The van der Waals surface area contributed by atoms with Crippen molar-refractivity contribution < 1.29 is 9.72 Å². The molecule has 0 saturated carbocycles. The van der Waals surface area contributed by atoms with Crippen molar-refractivity contribution in [3.63, 3.8) is 0 Å². The number of nitro groups is 1. The molecule has 1 heterocycles. The molecule has 0 aliphatic carbocycles. The first kappa shape index (κ1) is 15.6. The van der Waals surface area contributed by atoms with Crippen LogP contribution in [0.5, 0.6) is 0 Å². The second kappa shape index (κ2) is 6.80. The second-order valence-corrected chi connectivity index (χ2v) is 6.61. The van der Waals surface area contributed by atoms with Crippen molar-refractivity contribution in [3.8, 4) is 0 Å². The van der Waals surface area contributed by atoms with Crippen molar-refractivity contribution in [2.75, 3.05) is 31.7 Å². The van der Waals surface area contributed by atoms with E-state index in [2.05, 4.69) is 5.32 Å². The number of carbonyl (C=O) groups excluding carboxylic acids is 1. The highest BCUT2D eigenvalue weighted by atomic mass is 32.2. The van der Waals surface area contributed by atoms with E-state index in [9.17, 15) is 14.9 Å². The van der Waals surface area contributed by atoms with Crippen LogP contribution in [0, 0.1) is 10.1 Å². The van der Waals surface area contributed by atoms with Gasteiger partial charge in [0.15, 0.2) is 0 Å². The lowest BCUT2D eigenvalue weighted by Crippen LogP contribution is -2.22. The Morgan fingerprint density at radius 1 is 1.52 bits per heavy atom. The lowest BCUT2D eigenvalue weighted by molar-refractivity contribution is -0.384. The zero-order chi connectivity index (χ0) is 15.4. The van der Waals surface area contributed by atoms with Crippen LogP contribution in [0.15, 0.2) is 18.2 Å². The zero-order valence-corrected chi connectivity index (χ0v) is 13.0. The van der Waals surface area contributed by atoms with E-state index >= 15 is 0 Å². The van der Waals surface area contributed by atoms with Crippen molar-refractivity contribution in [1.29, 1.82) is 0 Å². The van der Waals surface area contributed by atoms with Gasteiger partial charge in [-0.1, -0.05) is 0 Å². The average molecular weight is 309 g/mol. The highest BCUT2D eigenvalue weighted by molar-refractivity contribution is 8.00. The maximum Gasteiger partial charge on any atom is 0.293 e. The van der Waals surface area contributed by atoms with E-state index in [0.29, 0.717) is 23.0 Å². The highest BCUT2D eigenvalue weighted by Crippen LogP contribution is 2.29. The van der Waals surface area contributed by atoms with Gasteiger partial charge in [0.2, 0.25) is 0 Å². The number of thioether (sulfide) groups is 1. The predicted octanol–water partition coefficient (Wildman–Crippen LogP) is 2.60. The van der Waals surface area contributed by atoms with Crippen LogP contribution in [0.25, 0.3) is 0 Å². The topological polar surface area (TPSA) is 75.5 Å². The van der Waals surface area contributed by atoms with Crippen molar-refractivity contribution in [2.45, 2.75) is 18.1 Å². The molecule has 1 atom stereocenters. The van der Waals surface area contributed by atoms with Gasteiger partial charge < -0.3 is 10.2 Å². The summed E-state index contributed by atoms with van der Waals surface area (Å²) in [7, 11) is 3.25. The second-order valence-electron chi connectivity index (χ2n) is 5.20. The third-order valence-electron chi connectivity index (χ3n) is 3.39. The minimum absolute atomic E-state index is 0.0503. The molecule has 0 spiro atoms. The summed E-state index contributed by atoms with van der Waals surface area (Å²) in [5.74, 6) is 0.918. The summed E-state index contributed by atoms with van der Waals surface area (Å²) in [4.78, 5) is 24.0. The molecular weight excluding hydrogens is 290 g/mol. The molecule has 1 amide bonds. The van der Waals surface area contributed by atoms with Gasteiger partial charge in [-0.25, -0.2) is 0 Å². The summed E-state index contributed by atoms with van der Waals surface area (Å²) in [6, 6.07) is 4.58. The predicted molar refractivity (Wildman–Crippen MR) is 85.1 cm³/mol. The molecule has 21 heavy (non-hydrogen) atoms. The van der Waals surface area contributed by atoms with E-state index in [1.807, 2.05) is 11.8 Å². The maximum atomic E-state index is 11.9. The van der Waals surface area contributed by atoms with Gasteiger partial charge in [0.25, 0.3) is 11.6 Å². The van der Waals surface area contributed by atoms with Gasteiger partial charge in [0, 0.05) is 37.5 Å². The smallest absolute Gasteiger partial charge is 0.293 e. The Hall–Kier alpha value is -1.76. The Morgan fingerprint density at radius 3 is 2.86 bits per heavy atom. The van der Waals surface area contributed by atoms with Crippen LogP contribution in [0.1, 0.15) is 23.2 Å². The van der Waals surface area contributed by atoms with Gasteiger partial charge in [-0.15, -0.1) is 0 Å². The number of amides is 1.